The van der Waals surface area contributed by atoms with Gasteiger partial charge in [-0.05, 0) is 19.3 Å². The van der Waals surface area contributed by atoms with E-state index in [0.717, 1.165) is 6.26 Å². The van der Waals surface area contributed by atoms with E-state index >= 15 is 0 Å². The van der Waals surface area contributed by atoms with Crippen LogP contribution in [0.1, 0.15) is 19.3 Å². The lowest BCUT2D eigenvalue weighted by molar-refractivity contribution is -0.146. The van der Waals surface area contributed by atoms with Crippen LogP contribution in [0, 0.1) is 0 Å². The zero-order valence-electron chi connectivity index (χ0n) is 8.32. The lowest BCUT2D eigenvalue weighted by atomic mass is 9.99. The fraction of sp³-hybridized carbons (Fsp3) is 0.875. The number of carbonyl (C=O) groups excluding carboxylic acids is 1. The van der Waals surface area contributed by atoms with Gasteiger partial charge in [0.25, 0.3) is 0 Å². The Balaban J connectivity index is 3.04. The van der Waals surface area contributed by atoms with Crippen LogP contribution >= 0.6 is 0 Å². The number of carbonyl (C=O) groups is 1. The molecule has 0 saturated heterocycles. The van der Waals surface area contributed by atoms with Gasteiger partial charge in [-0.1, -0.05) is 0 Å². The summed E-state index contributed by atoms with van der Waals surface area (Å²) in [5, 5.41) is -0.803. The third-order valence-corrected chi connectivity index (χ3v) is 4.40. The van der Waals surface area contributed by atoms with Gasteiger partial charge in [0.05, 0.1) is 12.4 Å². The van der Waals surface area contributed by atoms with Crippen molar-refractivity contribution in [3.8, 4) is 0 Å². The summed E-state index contributed by atoms with van der Waals surface area (Å²) in [6.07, 6.45) is 2.55. The Labute approximate surface area is 83.5 Å². The Hall–Kier alpha value is -0.620. The molecule has 82 valence electrons. The van der Waals surface area contributed by atoms with E-state index in [1.54, 1.807) is 0 Å². The van der Waals surface area contributed by atoms with Gasteiger partial charge in [-0.3, -0.25) is 4.79 Å². The SMILES string of the molecule is COC(=O)C1(N)CCCC1S(C)(=O)=O. The molecule has 14 heavy (non-hydrogen) atoms. The molecule has 5 nitrogen and oxygen atoms in total. The van der Waals surface area contributed by atoms with Crippen LogP contribution in [-0.4, -0.2) is 38.5 Å². The molecule has 1 aliphatic rings. The maximum Gasteiger partial charge on any atom is 0.327 e. The van der Waals surface area contributed by atoms with Gasteiger partial charge < -0.3 is 10.5 Å². The quantitative estimate of drug-likeness (QED) is 0.632. The van der Waals surface area contributed by atoms with Crippen molar-refractivity contribution in [1.82, 2.24) is 0 Å². The number of rotatable bonds is 2. The fourth-order valence-corrected chi connectivity index (χ4v) is 3.59. The fourth-order valence-electron chi connectivity index (χ4n) is 2.02. The first-order valence-electron chi connectivity index (χ1n) is 4.38. The van der Waals surface area contributed by atoms with Gasteiger partial charge in [0.1, 0.15) is 5.54 Å². The van der Waals surface area contributed by atoms with Gasteiger partial charge in [0, 0.05) is 6.26 Å². The van der Waals surface area contributed by atoms with Gasteiger partial charge in [-0.25, -0.2) is 8.42 Å². The van der Waals surface area contributed by atoms with Crippen molar-refractivity contribution in [2.75, 3.05) is 13.4 Å². The summed E-state index contributed by atoms with van der Waals surface area (Å²) in [5.74, 6) is -0.634. The van der Waals surface area contributed by atoms with Crippen LogP contribution < -0.4 is 5.73 Å². The highest BCUT2D eigenvalue weighted by molar-refractivity contribution is 7.91. The van der Waals surface area contributed by atoms with Gasteiger partial charge in [-0.15, -0.1) is 0 Å². The highest BCUT2D eigenvalue weighted by Crippen LogP contribution is 2.33. The summed E-state index contributed by atoms with van der Waals surface area (Å²) in [5.41, 5.74) is 4.44. The largest absolute Gasteiger partial charge is 0.468 e. The van der Waals surface area contributed by atoms with E-state index in [1.165, 1.54) is 7.11 Å². The van der Waals surface area contributed by atoms with Crippen molar-refractivity contribution in [2.24, 2.45) is 5.73 Å². The van der Waals surface area contributed by atoms with Crippen molar-refractivity contribution in [3.63, 3.8) is 0 Å². The highest BCUT2D eigenvalue weighted by atomic mass is 32.2. The van der Waals surface area contributed by atoms with E-state index in [9.17, 15) is 13.2 Å². The molecule has 0 aromatic rings. The molecule has 0 bridgehead atoms. The number of esters is 1. The second-order valence-corrected chi connectivity index (χ2v) is 5.97. The minimum atomic E-state index is -3.29. The molecule has 0 radical (unpaired) electrons. The molecule has 1 saturated carbocycles. The lowest BCUT2D eigenvalue weighted by Gasteiger charge is -2.26. The number of nitrogens with two attached hydrogens (primary N) is 1. The van der Waals surface area contributed by atoms with Crippen molar-refractivity contribution >= 4 is 15.8 Å². The smallest absolute Gasteiger partial charge is 0.327 e. The van der Waals surface area contributed by atoms with Gasteiger partial charge in [-0.2, -0.15) is 0 Å². The molecule has 2 atom stereocenters. The number of methoxy groups -OCH3 is 1. The molecular formula is C8H15NO4S. The molecule has 0 aliphatic heterocycles. The molecule has 0 aromatic heterocycles. The van der Waals surface area contributed by atoms with Crippen LogP contribution in [0.5, 0.6) is 0 Å². The summed E-state index contributed by atoms with van der Waals surface area (Å²) >= 11 is 0. The summed E-state index contributed by atoms with van der Waals surface area (Å²) < 4.78 is 27.3. The van der Waals surface area contributed by atoms with Gasteiger partial charge in [0.15, 0.2) is 9.84 Å². The van der Waals surface area contributed by atoms with Crippen molar-refractivity contribution in [1.29, 1.82) is 0 Å². The van der Waals surface area contributed by atoms with E-state index in [-0.39, 0.29) is 0 Å². The predicted octanol–water partition coefficient (Wildman–Crippen LogP) is -0.546. The zero-order valence-corrected chi connectivity index (χ0v) is 9.13. The molecule has 6 heteroatoms. The average Bonchev–Trinajstić information content (AvgIpc) is 2.46. The van der Waals surface area contributed by atoms with Crippen LogP contribution in [0.25, 0.3) is 0 Å². The normalized spacial score (nSPS) is 32.9. The van der Waals surface area contributed by atoms with Crippen molar-refractivity contribution < 1.29 is 17.9 Å². The van der Waals surface area contributed by atoms with E-state index in [2.05, 4.69) is 4.74 Å². The highest BCUT2D eigenvalue weighted by Gasteiger charge is 2.51. The first kappa shape index (κ1) is 11.5. The van der Waals surface area contributed by atoms with E-state index < -0.39 is 26.6 Å². The first-order valence-corrected chi connectivity index (χ1v) is 6.34. The minimum Gasteiger partial charge on any atom is -0.468 e. The molecule has 2 unspecified atom stereocenters. The summed E-state index contributed by atoms with van der Waals surface area (Å²) in [6, 6.07) is 0. The molecule has 1 aliphatic carbocycles. The Morgan fingerprint density at radius 1 is 1.57 bits per heavy atom. The molecule has 0 spiro atoms. The monoisotopic (exact) mass is 221 g/mol. The third-order valence-electron chi connectivity index (χ3n) is 2.71. The van der Waals surface area contributed by atoms with Crippen LogP contribution in [0.2, 0.25) is 0 Å². The Morgan fingerprint density at radius 3 is 2.57 bits per heavy atom. The molecule has 0 heterocycles. The van der Waals surface area contributed by atoms with Crippen molar-refractivity contribution in [2.45, 2.75) is 30.1 Å². The average molecular weight is 221 g/mol. The zero-order chi connectivity index (χ0) is 11.0. The molecule has 1 fully saturated rings. The lowest BCUT2D eigenvalue weighted by Crippen LogP contribution is -2.56. The second-order valence-electron chi connectivity index (χ2n) is 3.74. The summed E-state index contributed by atoms with van der Waals surface area (Å²) in [6.45, 7) is 0. The van der Waals surface area contributed by atoms with Crippen LogP contribution in [-0.2, 0) is 19.4 Å². The number of sulfone groups is 1. The molecule has 0 aromatic carbocycles. The molecule has 1 rings (SSSR count). The Kier molecular flexibility index (Phi) is 2.87. The van der Waals surface area contributed by atoms with E-state index in [1.807, 2.05) is 0 Å². The number of hydrogen-bond acceptors (Lipinski definition) is 5. The summed E-state index contributed by atoms with van der Waals surface area (Å²) in [4.78, 5) is 11.4. The molecule has 0 amide bonds. The van der Waals surface area contributed by atoms with Gasteiger partial charge >= 0.3 is 5.97 Å². The predicted molar refractivity (Wildman–Crippen MR) is 51.4 cm³/mol. The first-order chi connectivity index (χ1) is 6.32. The third kappa shape index (κ3) is 1.76. The maximum absolute atomic E-state index is 11.4. The van der Waals surface area contributed by atoms with Crippen molar-refractivity contribution in [3.05, 3.63) is 0 Å². The Morgan fingerprint density at radius 2 is 2.14 bits per heavy atom. The molecular weight excluding hydrogens is 206 g/mol. The molecule has 2 N–H and O–H groups in total. The summed E-state index contributed by atoms with van der Waals surface area (Å²) in [7, 11) is -2.07. The second kappa shape index (κ2) is 3.51. The number of hydrogen-bond donors (Lipinski definition) is 1. The topological polar surface area (TPSA) is 86.5 Å². The Bertz CT molecular complexity index is 337. The maximum atomic E-state index is 11.4. The van der Waals surface area contributed by atoms with E-state index in [0.29, 0.717) is 19.3 Å². The van der Waals surface area contributed by atoms with Crippen LogP contribution in [0.4, 0.5) is 0 Å². The standard InChI is InChI=1S/C8H15NO4S/c1-13-7(10)8(9)5-3-4-6(8)14(2,11)12/h6H,3-5,9H2,1-2H3. The number of ether oxygens (including phenoxy) is 1. The minimum absolute atomic E-state index is 0.372. The van der Waals surface area contributed by atoms with Gasteiger partial charge in [0.2, 0.25) is 0 Å². The van der Waals surface area contributed by atoms with Crippen LogP contribution in [0.15, 0.2) is 0 Å². The van der Waals surface area contributed by atoms with Crippen LogP contribution in [0.3, 0.4) is 0 Å². The van der Waals surface area contributed by atoms with E-state index in [4.69, 9.17) is 5.73 Å².